The zero-order valence-electron chi connectivity index (χ0n) is 17.7. The van der Waals surface area contributed by atoms with Crippen molar-refractivity contribution >= 4 is 5.78 Å². The third-order valence-electron chi connectivity index (χ3n) is 5.74. The smallest absolute Gasteiger partial charge is 0.422 e. The molecule has 0 amide bonds. The molecule has 1 aliphatic carbocycles. The zero-order chi connectivity index (χ0) is 23.1. The first kappa shape index (κ1) is 22.6. The van der Waals surface area contributed by atoms with Crippen LogP contribution in [0.15, 0.2) is 16.8 Å². The first-order valence-electron chi connectivity index (χ1n) is 10.3. The summed E-state index contributed by atoms with van der Waals surface area (Å²) in [6.45, 7) is 1.25. The van der Waals surface area contributed by atoms with Crippen molar-refractivity contribution in [1.82, 2.24) is 15.1 Å². The van der Waals surface area contributed by atoms with Gasteiger partial charge in [0.1, 0.15) is 11.4 Å². The van der Waals surface area contributed by atoms with Crippen LogP contribution < -0.4 is 4.74 Å². The van der Waals surface area contributed by atoms with Crippen molar-refractivity contribution in [3.8, 4) is 5.75 Å². The minimum absolute atomic E-state index is 0.0303. The number of carbonyl (C=O) groups excluding carboxylic acids is 1. The Balaban J connectivity index is 1.60. The van der Waals surface area contributed by atoms with Crippen molar-refractivity contribution in [2.75, 3.05) is 19.8 Å². The number of rotatable bonds is 9. The lowest BCUT2D eigenvalue weighted by Crippen LogP contribution is -2.43. The highest BCUT2D eigenvalue weighted by Gasteiger charge is 2.45. The van der Waals surface area contributed by atoms with Gasteiger partial charge in [-0.1, -0.05) is 24.9 Å². The summed E-state index contributed by atoms with van der Waals surface area (Å²) in [5.74, 6) is 0.408. The van der Waals surface area contributed by atoms with E-state index in [0.717, 1.165) is 25.1 Å². The van der Waals surface area contributed by atoms with Crippen LogP contribution >= 0.6 is 0 Å². The molecule has 0 N–H and O–H groups in total. The number of alkyl halides is 4. The largest absolute Gasteiger partial charge is 0.484 e. The van der Waals surface area contributed by atoms with E-state index in [0.29, 0.717) is 24.1 Å². The van der Waals surface area contributed by atoms with Crippen molar-refractivity contribution in [2.45, 2.75) is 56.8 Å². The van der Waals surface area contributed by atoms with E-state index in [-0.39, 0.29) is 36.6 Å². The Morgan fingerprint density at radius 3 is 2.56 bits per heavy atom. The van der Waals surface area contributed by atoms with Gasteiger partial charge in [-0.05, 0) is 12.3 Å². The SMILES string of the molecule is Cc1nc(C(C)(CC(=O)c2cc(OCC(F)(F)F)c(C3(F)COC3)cn2)CC2CC2)no1. The van der Waals surface area contributed by atoms with E-state index in [1.165, 1.54) is 0 Å². The summed E-state index contributed by atoms with van der Waals surface area (Å²) in [7, 11) is 0. The molecule has 2 aromatic heterocycles. The Bertz CT molecular complexity index is 1000. The van der Waals surface area contributed by atoms with Crippen LogP contribution in [0.3, 0.4) is 0 Å². The summed E-state index contributed by atoms with van der Waals surface area (Å²) in [6.07, 6.45) is -0.843. The number of ketones is 1. The maximum Gasteiger partial charge on any atom is 0.422 e. The second-order valence-corrected chi connectivity index (χ2v) is 8.87. The van der Waals surface area contributed by atoms with Gasteiger partial charge in [0, 0.05) is 31.0 Å². The van der Waals surface area contributed by atoms with Crippen LogP contribution in [0, 0.1) is 12.8 Å². The molecule has 3 heterocycles. The zero-order valence-corrected chi connectivity index (χ0v) is 17.7. The number of Topliss-reactive ketones (excluding diaryl/α,β-unsaturated/α-hetero) is 1. The van der Waals surface area contributed by atoms with Gasteiger partial charge >= 0.3 is 6.18 Å². The molecule has 2 aromatic rings. The van der Waals surface area contributed by atoms with Gasteiger partial charge in [-0.2, -0.15) is 18.2 Å². The number of hydrogen-bond acceptors (Lipinski definition) is 7. The van der Waals surface area contributed by atoms with Gasteiger partial charge in [-0.15, -0.1) is 0 Å². The fourth-order valence-electron chi connectivity index (χ4n) is 3.83. The van der Waals surface area contributed by atoms with Crippen LogP contribution in [0.2, 0.25) is 0 Å². The van der Waals surface area contributed by atoms with E-state index in [9.17, 15) is 22.4 Å². The summed E-state index contributed by atoms with van der Waals surface area (Å²) in [5, 5.41) is 3.98. The molecule has 0 aromatic carbocycles. The maximum atomic E-state index is 14.9. The summed E-state index contributed by atoms with van der Waals surface area (Å²) in [5.41, 5.74) is -3.01. The standard InChI is InChI=1S/C21H23F4N3O4/c1-12-27-18(28-32-12)19(2,6-13-3-4-13)7-16(29)15-5-17(31-11-21(23,24)25)14(8-26-15)20(22)9-30-10-20/h5,8,13H,3-4,6-7,9-11H2,1-2H3. The van der Waals surface area contributed by atoms with Crippen LogP contribution in [0.25, 0.3) is 0 Å². The van der Waals surface area contributed by atoms with Gasteiger partial charge in [0.15, 0.2) is 23.9 Å². The van der Waals surface area contributed by atoms with Gasteiger partial charge in [0.25, 0.3) is 0 Å². The van der Waals surface area contributed by atoms with Gasteiger partial charge in [0.2, 0.25) is 5.89 Å². The molecule has 0 bridgehead atoms. The van der Waals surface area contributed by atoms with Gasteiger partial charge < -0.3 is 14.0 Å². The van der Waals surface area contributed by atoms with Crippen molar-refractivity contribution < 1.29 is 36.4 Å². The normalized spacial score (nSPS) is 19.8. The number of aromatic nitrogens is 3. The molecule has 0 radical (unpaired) electrons. The van der Waals surface area contributed by atoms with Crippen LogP contribution in [0.4, 0.5) is 17.6 Å². The third-order valence-corrected chi connectivity index (χ3v) is 5.74. The van der Waals surface area contributed by atoms with Crippen molar-refractivity contribution in [1.29, 1.82) is 0 Å². The van der Waals surface area contributed by atoms with E-state index in [1.54, 1.807) is 6.92 Å². The molecule has 32 heavy (non-hydrogen) atoms. The topological polar surface area (TPSA) is 87.3 Å². The highest BCUT2D eigenvalue weighted by atomic mass is 19.4. The molecule has 174 valence electrons. The molecule has 1 unspecified atom stereocenters. The molecule has 0 spiro atoms. The van der Waals surface area contributed by atoms with E-state index >= 15 is 0 Å². The predicted octanol–water partition coefficient (Wildman–Crippen LogP) is 4.24. The number of ether oxygens (including phenoxy) is 2. The van der Waals surface area contributed by atoms with Gasteiger partial charge in [-0.3, -0.25) is 9.78 Å². The van der Waals surface area contributed by atoms with Crippen LogP contribution in [0.1, 0.15) is 60.4 Å². The molecule has 2 fully saturated rings. The molecule has 2 aliphatic rings. The fourth-order valence-corrected chi connectivity index (χ4v) is 3.83. The van der Waals surface area contributed by atoms with Crippen molar-refractivity contribution in [3.63, 3.8) is 0 Å². The lowest BCUT2D eigenvalue weighted by Gasteiger charge is -2.35. The number of aryl methyl sites for hydroxylation is 1. The van der Waals surface area contributed by atoms with Crippen molar-refractivity contribution in [3.05, 3.63) is 35.2 Å². The second-order valence-electron chi connectivity index (χ2n) is 8.87. The number of carbonyl (C=O) groups is 1. The Hall–Kier alpha value is -2.56. The fraction of sp³-hybridized carbons (Fsp3) is 0.619. The quantitative estimate of drug-likeness (QED) is 0.411. The minimum Gasteiger partial charge on any atom is -0.484 e. The van der Waals surface area contributed by atoms with E-state index in [1.807, 2.05) is 6.92 Å². The first-order valence-corrected chi connectivity index (χ1v) is 10.3. The summed E-state index contributed by atoms with van der Waals surface area (Å²) in [6, 6.07) is 1.07. The molecule has 7 nitrogen and oxygen atoms in total. The Morgan fingerprint density at radius 2 is 2.03 bits per heavy atom. The molecule has 1 saturated heterocycles. The van der Waals surface area contributed by atoms with Gasteiger partial charge in [0.05, 0.1) is 18.8 Å². The average molecular weight is 457 g/mol. The Kier molecular flexibility index (Phi) is 5.72. The lowest BCUT2D eigenvalue weighted by atomic mass is 9.78. The highest BCUT2D eigenvalue weighted by molar-refractivity contribution is 5.95. The first-order chi connectivity index (χ1) is 15.0. The Labute approximate surface area is 181 Å². The molecule has 1 aliphatic heterocycles. The molecular formula is C21H23F4N3O4. The Morgan fingerprint density at radius 1 is 1.31 bits per heavy atom. The molecule has 4 rings (SSSR count). The highest BCUT2D eigenvalue weighted by Crippen LogP contribution is 2.44. The van der Waals surface area contributed by atoms with Crippen molar-refractivity contribution in [2.24, 2.45) is 5.92 Å². The predicted molar refractivity (Wildman–Crippen MR) is 102 cm³/mol. The molecule has 1 atom stereocenters. The van der Waals surface area contributed by atoms with E-state index < -0.39 is 29.7 Å². The van der Waals surface area contributed by atoms with Crippen LogP contribution in [-0.2, 0) is 15.8 Å². The molecular weight excluding hydrogens is 434 g/mol. The number of nitrogens with zero attached hydrogens (tertiary/aromatic N) is 3. The molecule has 11 heteroatoms. The number of hydrogen-bond donors (Lipinski definition) is 0. The number of halogens is 4. The number of pyridine rings is 1. The average Bonchev–Trinajstić information content (AvgIpc) is 3.39. The summed E-state index contributed by atoms with van der Waals surface area (Å²) < 4.78 is 67.8. The monoisotopic (exact) mass is 457 g/mol. The van der Waals surface area contributed by atoms with Crippen LogP contribution in [0.5, 0.6) is 5.75 Å². The lowest BCUT2D eigenvalue weighted by molar-refractivity contribution is -0.156. The molecule has 1 saturated carbocycles. The van der Waals surface area contributed by atoms with E-state index in [4.69, 9.17) is 14.0 Å². The van der Waals surface area contributed by atoms with Gasteiger partial charge in [-0.25, -0.2) is 4.39 Å². The summed E-state index contributed by atoms with van der Waals surface area (Å²) in [4.78, 5) is 21.4. The second kappa shape index (κ2) is 8.09. The minimum atomic E-state index is -4.62. The van der Waals surface area contributed by atoms with Crippen LogP contribution in [-0.4, -0.2) is 46.9 Å². The summed E-state index contributed by atoms with van der Waals surface area (Å²) >= 11 is 0. The third kappa shape index (κ3) is 4.92. The van der Waals surface area contributed by atoms with E-state index in [2.05, 4.69) is 15.1 Å². The maximum absolute atomic E-state index is 14.9.